The largest absolute Gasteiger partial charge is 0.573 e. The quantitative estimate of drug-likeness (QED) is 0.606. The molecule has 0 amide bonds. The fraction of sp³-hybridized carbons (Fsp3) is 0.190. The van der Waals surface area contributed by atoms with E-state index in [9.17, 15) is 18.0 Å². The van der Waals surface area contributed by atoms with E-state index in [0.717, 1.165) is 17.4 Å². The molecule has 1 aromatic carbocycles. The van der Waals surface area contributed by atoms with Gasteiger partial charge in [-0.2, -0.15) is 0 Å². The van der Waals surface area contributed by atoms with Gasteiger partial charge in [0.25, 0.3) is 0 Å². The van der Waals surface area contributed by atoms with Crippen LogP contribution >= 0.6 is 0 Å². The SMILES string of the molecule is O=C(c1cccc(OC(F)(F)F)c1)C1C=CC(/C=C/c2ccco2)=CCC1. The molecule has 140 valence electrons. The summed E-state index contributed by atoms with van der Waals surface area (Å²) in [6.07, 6.45) is 7.40. The van der Waals surface area contributed by atoms with Crippen LogP contribution in [0.25, 0.3) is 6.08 Å². The number of alkyl halides is 3. The number of ether oxygens (including phenoxy) is 1. The second kappa shape index (κ2) is 8.12. The van der Waals surface area contributed by atoms with Gasteiger partial charge in [-0.3, -0.25) is 4.79 Å². The molecular weight excluding hydrogens is 357 g/mol. The Morgan fingerprint density at radius 3 is 2.78 bits per heavy atom. The topological polar surface area (TPSA) is 39.4 Å². The maximum Gasteiger partial charge on any atom is 0.573 e. The summed E-state index contributed by atoms with van der Waals surface area (Å²) < 4.78 is 46.2. The highest BCUT2D eigenvalue weighted by Gasteiger charge is 2.31. The van der Waals surface area contributed by atoms with Crippen molar-refractivity contribution < 1.29 is 27.1 Å². The maximum absolute atomic E-state index is 12.7. The van der Waals surface area contributed by atoms with E-state index < -0.39 is 18.0 Å². The lowest BCUT2D eigenvalue weighted by atomic mass is 9.93. The Labute approximate surface area is 154 Å². The van der Waals surface area contributed by atoms with Crippen LogP contribution < -0.4 is 4.74 Å². The molecule has 1 aliphatic carbocycles. The fourth-order valence-electron chi connectivity index (χ4n) is 2.79. The first-order valence-corrected chi connectivity index (χ1v) is 8.41. The van der Waals surface area contributed by atoms with Crippen LogP contribution in [0.2, 0.25) is 0 Å². The van der Waals surface area contributed by atoms with E-state index in [1.807, 2.05) is 30.4 Å². The Morgan fingerprint density at radius 1 is 1.19 bits per heavy atom. The van der Waals surface area contributed by atoms with Crippen LogP contribution in [0.4, 0.5) is 13.2 Å². The number of hydrogen-bond donors (Lipinski definition) is 0. The van der Waals surface area contributed by atoms with Crippen molar-refractivity contribution in [1.82, 2.24) is 0 Å². The summed E-state index contributed by atoms with van der Waals surface area (Å²) in [7, 11) is 0. The monoisotopic (exact) mass is 374 g/mol. The standard InChI is InChI=1S/C21H17F3O3/c22-21(23,24)27-19-7-2-6-17(14-19)20(25)16-5-1-4-15(9-11-16)10-12-18-8-3-13-26-18/h2-4,6-14,16H,1,5H2/b12-10+. The van der Waals surface area contributed by atoms with Gasteiger partial charge in [-0.15, -0.1) is 13.2 Å². The number of allylic oxidation sites excluding steroid dienone is 5. The average Bonchev–Trinajstić information content (AvgIpc) is 3.02. The molecule has 2 aromatic rings. The number of hydrogen-bond acceptors (Lipinski definition) is 3. The molecule has 1 unspecified atom stereocenters. The lowest BCUT2D eigenvalue weighted by Crippen LogP contribution is -2.18. The molecule has 27 heavy (non-hydrogen) atoms. The second-order valence-electron chi connectivity index (χ2n) is 6.04. The Bertz CT molecular complexity index is 874. The first-order valence-electron chi connectivity index (χ1n) is 8.41. The van der Waals surface area contributed by atoms with Crippen molar-refractivity contribution in [3.8, 4) is 5.75 Å². The van der Waals surface area contributed by atoms with Crippen molar-refractivity contribution in [2.75, 3.05) is 0 Å². The van der Waals surface area contributed by atoms with E-state index in [1.165, 1.54) is 18.2 Å². The maximum atomic E-state index is 12.7. The lowest BCUT2D eigenvalue weighted by molar-refractivity contribution is -0.274. The Kier molecular flexibility index (Phi) is 5.64. The lowest BCUT2D eigenvalue weighted by Gasteiger charge is -2.12. The normalized spacial score (nSPS) is 17.6. The molecule has 0 spiro atoms. The Balaban J connectivity index is 1.69. The number of carbonyl (C=O) groups excluding carboxylic acids is 1. The Morgan fingerprint density at radius 2 is 2.04 bits per heavy atom. The number of halogens is 3. The van der Waals surface area contributed by atoms with E-state index >= 15 is 0 Å². The zero-order valence-electron chi connectivity index (χ0n) is 14.3. The highest BCUT2D eigenvalue weighted by Crippen LogP contribution is 2.26. The third kappa shape index (κ3) is 5.48. The summed E-state index contributed by atoms with van der Waals surface area (Å²) >= 11 is 0. The first kappa shape index (κ1) is 18.8. The molecule has 0 saturated carbocycles. The van der Waals surface area contributed by atoms with Crippen LogP contribution in [0.15, 0.2) is 77.0 Å². The predicted octanol–water partition coefficient (Wildman–Crippen LogP) is 5.97. The van der Waals surface area contributed by atoms with E-state index in [2.05, 4.69) is 4.74 Å². The third-order valence-corrected chi connectivity index (χ3v) is 4.05. The van der Waals surface area contributed by atoms with Gasteiger partial charge in [-0.25, -0.2) is 0 Å². The van der Waals surface area contributed by atoms with E-state index in [4.69, 9.17) is 4.42 Å². The van der Waals surface area contributed by atoms with Gasteiger partial charge in [-0.1, -0.05) is 36.4 Å². The molecule has 3 nitrogen and oxygen atoms in total. The third-order valence-electron chi connectivity index (χ3n) is 4.05. The first-order chi connectivity index (χ1) is 12.9. The zero-order valence-corrected chi connectivity index (χ0v) is 14.3. The van der Waals surface area contributed by atoms with Crippen molar-refractivity contribution in [3.05, 3.63) is 83.9 Å². The molecule has 3 rings (SSSR count). The highest BCUT2D eigenvalue weighted by atomic mass is 19.4. The molecule has 0 aliphatic heterocycles. The van der Waals surface area contributed by atoms with Crippen LogP contribution in [0.5, 0.6) is 5.75 Å². The summed E-state index contributed by atoms with van der Waals surface area (Å²) in [5, 5.41) is 0. The molecule has 1 heterocycles. The van der Waals surface area contributed by atoms with Gasteiger partial charge in [0.05, 0.1) is 6.26 Å². The van der Waals surface area contributed by atoms with E-state index in [-0.39, 0.29) is 11.3 Å². The van der Waals surface area contributed by atoms with Crippen molar-refractivity contribution in [2.45, 2.75) is 19.2 Å². The van der Waals surface area contributed by atoms with Crippen molar-refractivity contribution in [1.29, 1.82) is 0 Å². The minimum Gasteiger partial charge on any atom is -0.465 e. The minimum atomic E-state index is -4.79. The molecule has 0 bridgehead atoms. The van der Waals surface area contributed by atoms with Crippen LogP contribution in [-0.4, -0.2) is 12.1 Å². The number of rotatable bonds is 5. The van der Waals surface area contributed by atoms with Crippen LogP contribution in [0, 0.1) is 5.92 Å². The number of carbonyl (C=O) groups is 1. The molecule has 0 N–H and O–H groups in total. The van der Waals surface area contributed by atoms with Gasteiger partial charge >= 0.3 is 6.36 Å². The fourth-order valence-corrected chi connectivity index (χ4v) is 2.79. The molecule has 0 saturated heterocycles. The van der Waals surface area contributed by atoms with Gasteiger partial charge in [-0.05, 0) is 48.8 Å². The summed E-state index contributed by atoms with van der Waals surface area (Å²) in [6.45, 7) is 0. The van der Waals surface area contributed by atoms with Crippen molar-refractivity contribution in [2.24, 2.45) is 5.92 Å². The van der Waals surface area contributed by atoms with E-state index in [1.54, 1.807) is 18.4 Å². The molecule has 1 atom stereocenters. The van der Waals surface area contributed by atoms with E-state index in [0.29, 0.717) is 12.8 Å². The minimum absolute atomic E-state index is 0.195. The van der Waals surface area contributed by atoms with Gasteiger partial charge in [0.15, 0.2) is 5.78 Å². The van der Waals surface area contributed by atoms with Crippen molar-refractivity contribution in [3.63, 3.8) is 0 Å². The number of furan rings is 1. The van der Waals surface area contributed by atoms with Crippen LogP contribution in [0.1, 0.15) is 29.0 Å². The van der Waals surface area contributed by atoms with Gasteiger partial charge in [0, 0.05) is 11.5 Å². The van der Waals surface area contributed by atoms with Gasteiger partial charge in [0.1, 0.15) is 11.5 Å². The predicted molar refractivity (Wildman–Crippen MR) is 95.1 cm³/mol. The average molecular weight is 374 g/mol. The molecule has 0 fully saturated rings. The molecule has 0 radical (unpaired) electrons. The summed E-state index contributed by atoms with van der Waals surface area (Å²) in [6, 6.07) is 8.80. The van der Waals surface area contributed by atoms with Crippen LogP contribution in [-0.2, 0) is 0 Å². The number of ketones is 1. The molecule has 6 heteroatoms. The Hall–Kier alpha value is -3.02. The zero-order chi connectivity index (χ0) is 19.3. The molecule has 1 aliphatic rings. The smallest absolute Gasteiger partial charge is 0.465 e. The summed E-state index contributed by atoms with van der Waals surface area (Å²) in [4.78, 5) is 12.7. The van der Waals surface area contributed by atoms with Crippen LogP contribution in [0.3, 0.4) is 0 Å². The molecular formula is C21H17F3O3. The summed E-state index contributed by atoms with van der Waals surface area (Å²) in [5.41, 5.74) is 1.14. The number of Topliss-reactive ketones (excluding diaryl/α,β-unsaturated/α-hetero) is 1. The van der Waals surface area contributed by atoms with Gasteiger partial charge < -0.3 is 9.15 Å². The second-order valence-corrected chi connectivity index (χ2v) is 6.04. The highest BCUT2D eigenvalue weighted by molar-refractivity contribution is 5.99. The summed E-state index contributed by atoms with van der Waals surface area (Å²) in [5.74, 6) is -0.311. The van der Waals surface area contributed by atoms with Gasteiger partial charge in [0.2, 0.25) is 0 Å². The number of benzene rings is 1. The molecule has 1 aromatic heterocycles. The van der Waals surface area contributed by atoms with Crippen molar-refractivity contribution >= 4 is 11.9 Å².